The van der Waals surface area contributed by atoms with Gasteiger partial charge < -0.3 is 0 Å². The maximum Gasteiger partial charge on any atom is 0.373 e. The quantitative estimate of drug-likeness (QED) is 0.513. The SMILES string of the molecule is O=C(Cc1ccc2n[nH]c(/C=C/c3ccccc3)c2c1)c1ccccc1.O=C=O. The monoisotopic (exact) mass is 382 g/mol. The van der Waals surface area contributed by atoms with E-state index in [2.05, 4.69) is 28.4 Å². The second kappa shape index (κ2) is 9.74. The third kappa shape index (κ3) is 5.22. The number of ketones is 1. The van der Waals surface area contributed by atoms with E-state index in [4.69, 9.17) is 9.59 Å². The molecular weight excluding hydrogens is 364 g/mol. The number of H-pyrrole nitrogens is 1. The minimum absolute atomic E-state index is 0.120. The van der Waals surface area contributed by atoms with Gasteiger partial charge in [0.05, 0.1) is 11.2 Å². The van der Waals surface area contributed by atoms with E-state index in [-0.39, 0.29) is 11.9 Å². The number of carbonyl (C=O) groups is 1. The van der Waals surface area contributed by atoms with Gasteiger partial charge in [0.15, 0.2) is 5.78 Å². The van der Waals surface area contributed by atoms with Crippen LogP contribution in [0.1, 0.15) is 27.2 Å². The molecule has 5 heteroatoms. The number of fused-ring (bicyclic) bond motifs is 1. The number of hydrogen-bond donors (Lipinski definition) is 1. The van der Waals surface area contributed by atoms with Crippen molar-refractivity contribution in [2.24, 2.45) is 0 Å². The van der Waals surface area contributed by atoms with Crippen molar-refractivity contribution in [2.75, 3.05) is 0 Å². The van der Waals surface area contributed by atoms with Crippen LogP contribution in [0.15, 0.2) is 78.9 Å². The van der Waals surface area contributed by atoms with Crippen LogP contribution in [0.5, 0.6) is 0 Å². The third-order valence-corrected chi connectivity index (χ3v) is 4.35. The zero-order valence-electron chi connectivity index (χ0n) is 15.5. The number of rotatable bonds is 5. The smallest absolute Gasteiger partial charge is 0.294 e. The van der Waals surface area contributed by atoms with Gasteiger partial charge in [0.2, 0.25) is 0 Å². The maximum atomic E-state index is 12.4. The van der Waals surface area contributed by atoms with E-state index in [9.17, 15) is 4.79 Å². The van der Waals surface area contributed by atoms with Gasteiger partial charge in [-0.25, -0.2) is 0 Å². The number of aromatic nitrogens is 2. The molecular formula is C24H18N2O3. The van der Waals surface area contributed by atoms with Crippen molar-refractivity contribution in [2.45, 2.75) is 6.42 Å². The molecule has 0 bridgehead atoms. The highest BCUT2D eigenvalue weighted by Gasteiger charge is 2.09. The molecule has 0 radical (unpaired) electrons. The molecule has 0 aliphatic carbocycles. The van der Waals surface area contributed by atoms with Gasteiger partial charge in [-0.3, -0.25) is 9.89 Å². The Kier molecular flexibility index (Phi) is 6.61. The number of nitrogens with zero attached hydrogens (tertiary/aromatic N) is 1. The molecule has 0 aliphatic rings. The molecule has 4 rings (SSSR count). The van der Waals surface area contributed by atoms with Crippen LogP contribution >= 0.6 is 0 Å². The molecule has 0 saturated heterocycles. The van der Waals surface area contributed by atoms with E-state index in [0.29, 0.717) is 6.42 Å². The predicted octanol–water partition coefficient (Wildman–Crippen LogP) is 4.58. The van der Waals surface area contributed by atoms with Crippen LogP contribution in [-0.2, 0) is 16.0 Å². The summed E-state index contributed by atoms with van der Waals surface area (Å²) in [6.45, 7) is 0. The summed E-state index contributed by atoms with van der Waals surface area (Å²) >= 11 is 0. The van der Waals surface area contributed by atoms with Crippen LogP contribution in [0.3, 0.4) is 0 Å². The van der Waals surface area contributed by atoms with Gasteiger partial charge in [0.25, 0.3) is 0 Å². The lowest BCUT2D eigenvalue weighted by Gasteiger charge is -2.02. The van der Waals surface area contributed by atoms with E-state index in [1.165, 1.54) is 0 Å². The summed E-state index contributed by atoms with van der Waals surface area (Å²) < 4.78 is 0. The summed E-state index contributed by atoms with van der Waals surface area (Å²) in [6, 6.07) is 25.5. The lowest BCUT2D eigenvalue weighted by Crippen LogP contribution is -2.03. The first kappa shape index (κ1) is 19.7. The highest BCUT2D eigenvalue weighted by molar-refractivity contribution is 5.98. The van der Waals surface area contributed by atoms with Crippen LogP contribution in [0.4, 0.5) is 0 Å². The lowest BCUT2D eigenvalue weighted by molar-refractivity contribution is -0.191. The number of carbonyl (C=O) groups excluding carboxylic acids is 3. The molecule has 0 fully saturated rings. The number of Topliss-reactive ketones (excluding diaryl/α,β-unsaturated/α-hetero) is 1. The maximum absolute atomic E-state index is 12.4. The van der Waals surface area contributed by atoms with Crippen molar-refractivity contribution in [3.8, 4) is 0 Å². The molecule has 5 nitrogen and oxygen atoms in total. The fourth-order valence-corrected chi connectivity index (χ4v) is 2.97. The van der Waals surface area contributed by atoms with Crippen LogP contribution < -0.4 is 0 Å². The largest absolute Gasteiger partial charge is 0.373 e. The van der Waals surface area contributed by atoms with E-state index >= 15 is 0 Å². The topological polar surface area (TPSA) is 79.9 Å². The van der Waals surface area contributed by atoms with Gasteiger partial charge in [0, 0.05) is 17.4 Å². The molecule has 1 N–H and O–H groups in total. The van der Waals surface area contributed by atoms with Crippen LogP contribution in [0, 0.1) is 0 Å². The molecule has 0 aliphatic heterocycles. The number of hydrogen-bond acceptors (Lipinski definition) is 4. The molecule has 1 heterocycles. The molecule has 142 valence electrons. The molecule has 0 amide bonds. The van der Waals surface area contributed by atoms with Gasteiger partial charge in [-0.2, -0.15) is 14.7 Å². The van der Waals surface area contributed by atoms with E-state index < -0.39 is 0 Å². The summed E-state index contributed by atoms with van der Waals surface area (Å²) in [7, 11) is 0. The average molecular weight is 382 g/mol. The molecule has 0 unspecified atom stereocenters. The van der Waals surface area contributed by atoms with Crippen LogP contribution in [-0.4, -0.2) is 22.1 Å². The molecule has 0 spiro atoms. The summed E-state index contributed by atoms with van der Waals surface area (Å²) in [5, 5.41) is 8.45. The highest BCUT2D eigenvalue weighted by atomic mass is 16.2. The normalized spacial score (nSPS) is 10.3. The van der Waals surface area contributed by atoms with E-state index in [1.807, 2.05) is 72.8 Å². The fourth-order valence-electron chi connectivity index (χ4n) is 2.97. The first-order valence-corrected chi connectivity index (χ1v) is 8.99. The first-order chi connectivity index (χ1) is 14.2. The number of aromatic amines is 1. The highest BCUT2D eigenvalue weighted by Crippen LogP contribution is 2.21. The number of benzene rings is 3. The van der Waals surface area contributed by atoms with Crippen molar-refractivity contribution in [3.63, 3.8) is 0 Å². The Morgan fingerprint density at radius 1 is 0.897 bits per heavy atom. The van der Waals surface area contributed by atoms with Crippen molar-refractivity contribution in [3.05, 3.63) is 101 Å². The first-order valence-electron chi connectivity index (χ1n) is 8.99. The van der Waals surface area contributed by atoms with Gasteiger partial charge in [-0.1, -0.05) is 72.8 Å². The Bertz CT molecular complexity index is 1160. The molecule has 0 atom stereocenters. The Morgan fingerprint density at radius 2 is 1.55 bits per heavy atom. The van der Waals surface area contributed by atoms with Gasteiger partial charge >= 0.3 is 6.15 Å². The third-order valence-electron chi connectivity index (χ3n) is 4.35. The van der Waals surface area contributed by atoms with Crippen LogP contribution in [0.2, 0.25) is 0 Å². The van der Waals surface area contributed by atoms with E-state index in [0.717, 1.165) is 33.3 Å². The van der Waals surface area contributed by atoms with Gasteiger partial charge in [-0.05, 0) is 29.3 Å². The molecule has 1 aromatic heterocycles. The fraction of sp³-hybridized carbons (Fsp3) is 0.0417. The predicted molar refractivity (Wildman–Crippen MR) is 111 cm³/mol. The van der Waals surface area contributed by atoms with Crippen molar-refractivity contribution < 1.29 is 14.4 Å². The van der Waals surface area contributed by atoms with Crippen LogP contribution in [0.25, 0.3) is 23.1 Å². The summed E-state index contributed by atoms with van der Waals surface area (Å²) in [5.74, 6) is 0.120. The summed E-state index contributed by atoms with van der Waals surface area (Å²) in [5.41, 5.74) is 4.70. The van der Waals surface area contributed by atoms with E-state index in [1.54, 1.807) is 0 Å². The standard InChI is InChI=1S/C23H18N2O.CO2/c26-23(19-9-5-2-6-10-19)16-18-12-14-22-20(15-18)21(24-25-22)13-11-17-7-3-1-4-8-17;2-1-3/h1-15H,16H2,(H,24,25);/b13-11+;. The average Bonchev–Trinajstić information content (AvgIpc) is 3.16. The van der Waals surface area contributed by atoms with Gasteiger partial charge in [-0.15, -0.1) is 0 Å². The van der Waals surface area contributed by atoms with Crippen molar-refractivity contribution >= 4 is 35.0 Å². The Hall–Kier alpha value is -4.08. The molecule has 0 saturated carbocycles. The number of nitrogens with one attached hydrogen (secondary N) is 1. The second-order valence-electron chi connectivity index (χ2n) is 6.28. The molecule has 3 aromatic carbocycles. The minimum Gasteiger partial charge on any atom is -0.294 e. The summed E-state index contributed by atoms with van der Waals surface area (Å²) in [4.78, 5) is 28.7. The second-order valence-corrected chi connectivity index (χ2v) is 6.28. The zero-order chi connectivity index (χ0) is 20.5. The zero-order valence-corrected chi connectivity index (χ0v) is 15.5. The Morgan fingerprint density at radius 3 is 2.24 bits per heavy atom. The Labute approximate surface area is 167 Å². The van der Waals surface area contributed by atoms with Crippen molar-refractivity contribution in [1.82, 2.24) is 10.2 Å². The van der Waals surface area contributed by atoms with Gasteiger partial charge in [0.1, 0.15) is 0 Å². The molecule has 29 heavy (non-hydrogen) atoms. The summed E-state index contributed by atoms with van der Waals surface area (Å²) in [6.07, 6.45) is 4.70. The minimum atomic E-state index is 0.120. The molecule has 4 aromatic rings. The Balaban J connectivity index is 0.000000755. The van der Waals surface area contributed by atoms with Crippen molar-refractivity contribution in [1.29, 1.82) is 0 Å². The lowest BCUT2D eigenvalue weighted by atomic mass is 10.0.